The second kappa shape index (κ2) is 8.69. The average Bonchev–Trinajstić information content (AvgIpc) is 3.39. The second-order valence-corrected chi connectivity index (χ2v) is 9.19. The molecule has 2 amide bonds. The number of hydrogen-bond donors (Lipinski definition) is 1. The molecule has 0 saturated heterocycles. The number of carbonyl (C=O) groups is 2. The minimum absolute atomic E-state index is 0.000969. The summed E-state index contributed by atoms with van der Waals surface area (Å²) in [4.78, 5) is 30.7. The van der Waals surface area contributed by atoms with Gasteiger partial charge in [-0.25, -0.2) is 8.78 Å². The lowest BCUT2D eigenvalue weighted by atomic mass is 9.84. The molecule has 1 aliphatic heterocycles. The molecular formula is C21H20F7N5O3. The third kappa shape index (κ3) is 4.39. The Labute approximate surface area is 199 Å². The van der Waals surface area contributed by atoms with E-state index in [9.17, 15) is 40.3 Å². The number of amides is 2. The summed E-state index contributed by atoms with van der Waals surface area (Å²) in [6.45, 7) is 0.922. The van der Waals surface area contributed by atoms with Gasteiger partial charge >= 0.3 is 12.6 Å². The summed E-state index contributed by atoms with van der Waals surface area (Å²) in [5.74, 6) is -7.25. The zero-order chi connectivity index (χ0) is 26.6. The number of alkyl halides is 7. The van der Waals surface area contributed by atoms with Crippen LogP contribution in [-0.4, -0.2) is 56.1 Å². The van der Waals surface area contributed by atoms with Gasteiger partial charge in [-0.1, -0.05) is 0 Å². The van der Waals surface area contributed by atoms with E-state index in [-0.39, 0.29) is 42.1 Å². The van der Waals surface area contributed by atoms with E-state index in [0.717, 1.165) is 4.90 Å². The summed E-state index contributed by atoms with van der Waals surface area (Å²) in [5.41, 5.74) is -2.78. The quantitative estimate of drug-likeness (QED) is 0.587. The molecule has 0 bridgehead atoms. The molecule has 8 nitrogen and oxygen atoms in total. The Kier molecular flexibility index (Phi) is 6.23. The van der Waals surface area contributed by atoms with Crippen LogP contribution in [0, 0.1) is 5.41 Å². The van der Waals surface area contributed by atoms with Gasteiger partial charge in [-0.2, -0.15) is 22.0 Å². The van der Waals surface area contributed by atoms with Crippen molar-refractivity contribution in [3.05, 3.63) is 29.4 Å². The molecule has 1 fully saturated rings. The molecule has 4 rings (SSSR count). The van der Waals surface area contributed by atoms with Crippen molar-refractivity contribution in [3.8, 4) is 11.5 Å². The highest BCUT2D eigenvalue weighted by Gasteiger charge is 2.57. The van der Waals surface area contributed by atoms with E-state index < -0.39 is 60.1 Å². The summed E-state index contributed by atoms with van der Waals surface area (Å²) < 4.78 is 100. The fraction of sp³-hybridized carbons (Fsp3) is 0.571. The number of nitrogens with zero attached hydrogens (tertiary/aromatic N) is 4. The molecule has 2 atom stereocenters. The Morgan fingerprint density at radius 1 is 1.25 bits per heavy atom. The number of nitrogens with one attached hydrogen (secondary N) is 1. The summed E-state index contributed by atoms with van der Waals surface area (Å²) in [7, 11) is 0. The number of carbonyl (C=O) groups excluding carboxylic acids is 2. The maximum Gasteiger partial charge on any atom is 0.402 e. The van der Waals surface area contributed by atoms with E-state index >= 15 is 0 Å². The fourth-order valence-corrected chi connectivity index (χ4v) is 4.15. The predicted molar refractivity (Wildman–Crippen MR) is 107 cm³/mol. The predicted octanol–water partition coefficient (Wildman–Crippen LogP) is 4.29. The molecule has 0 spiro atoms. The van der Waals surface area contributed by atoms with Crippen LogP contribution in [0.4, 0.5) is 30.7 Å². The molecule has 1 N–H and O–H groups in total. The van der Waals surface area contributed by atoms with Gasteiger partial charge in [0.2, 0.25) is 11.8 Å². The van der Waals surface area contributed by atoms with Crippen molar-refractivity contribution >= 4 is 11.8 Å². The van der Waals surface area contributed by atoms with Gasteiger partial charge in [-0.3, -0.25) is 14.6 Å². The SMILES string of the molecule is CC(C)(C(=O)N[C@H]1C(N2Cc3ncc(-c4nnc(C(F)F)o4)cc3C2=O)CCCC1(F)F)C(F)(F)F. The number of halogens is 7. The maximum absolute atomic E-state index is 14.9. The third-order valence-electron chi connectivity index (χ3n) is 6.47. The van der Waals surface area contributed by atoms with Crippen molar-refractivity contribution in [1.29, 1.82) is 0 Å². The van der Waals surface area contributed by atoms with E-state index in [1.807, 2.05) is 5.32 Å². The van der Waals surface area contributed by atoms with Crippen molar-refractivity contribution in [2.24, 2.45) is 5.41 Å². The summed E-state index contributed by atoms with van der Waals surface area (Å²) >= 11 is 0. The fourth-order valence-electron chi connectivity index (χ4n) is 4.15. The van der Waals surface area contributed by atoms with Crippen molar-refractivity contribution < 1.29 is 44.7 Å². The van der Waals surface area contributed by atoms with Crippen molar-refractivity contribution in [2.45, 2.75) is 70.3 Å². The van der Waals surface area contributed by atoms with Crippen LogP contribution in [-0.2, 0) is 11.3 Å². The molecule has 1 saturated carbocycles. The lowest BCUT2D eigenvalue weighted by Gasteiger charge is -2.43. The van der Waals surface area contributed by atoms with Crippen molar-refractivity contribution in [3.63, 3.8) is 0 Å². The van der Waals surface area contributed by atoms with Crippen LogP contribution in [0.5, 0.6) is 0 Å². The molecule has 36 heavy (non-hydrogen) atoms. The number of fused-ring (bicyclic) bond motifs is 1. The average molecular weight is 523 g/mol. The van der Waals surface area contributed by atoms with Crippen LogP contribution in [0.2, 0.25) is 0 Å². The van der Waals surface area contributed by atoms with Gasteiger partial charge in [-0.15, -0.1) is 10.2 Å². The number of aromatic nitrogens is 3. The highest BCUT2D eigenvalue weighted by molar-refractivity contribution is 5.99. The number of hydrogen-bond acceptors (Lipinski definition) is 6. The molecule has 2 aromatic heterocycles. The van der Waals surface area contributed by atoms with E-state index in [1.165, 1.54) is 12.3 Å². The first-order valence-corrected chi connectivity index (χ1v) is 10.8. The van der Waals surface area contributed by atoms with Gasteiger partial charge in [-0.05, 0) is 32.8 Å². The monoisotopic (exact) mass is 523 g/mol. The van der Waals surface area contributed by atoms with Crippen LogP contribution < -0.4 is 5.32 Å². The Balaban J connectivity index is 1.61. The van der Waals surface area contributed by atoms with Gasteiger partial charge in [0.1, 0.15) is 11.5 Å². The molecule has 0 aromatic carbocycles. The van der Waals surface area contributed by atoms with E-state index in [0.29, 0.717) is 13.8 Å². The van der Waals surface area contributed by atoms with Crippen molar-refractivity contribution in [2.75, 3.05) is 0 Å². The molecule has 1 unspecified atom stereocenters. The van der Waals surface area contributed by atoms with Crippen molar-refractivity contribution in [1.82, 2.24) is 25.4 Å². The summed E-state index contributed by atoms with van der Waals surface area (Å²) in [6.07, 6.45) is -7.55. The van der Waals surface area contributed by atoms with Crippen LogP contribution in [0.25, 0.3) is 11.5 Å². The largest absolute Gasteiger partial charge is 0.415 e. The maximum atomic E-state index is 14.9. The van der Waals surface area contributed by atoms with E-state index in [2.05, 4.69) is 15.2 Å². The van der Waals surface area contributed by atoms with Crippen LogP contribution in [0.3, 0.4) is 0 Å². The highest BCUT2D eigenvalue weighted by atomic mass is 19.4. The van der Waals surface area contributed by atoms with Crippen LogP contribution >= 0.6 is 0 Å². The van der Waals surface area contributed by atoms with Gasteiger partial charge in [0, 0.05) is 12.6 Å². The van der Waals surface area contributed by atoms with Crippen LogP contribution in [0.15, 0.2) is 16.7 Å². The van der Waals surface area contributed by atoms with Gasteiger partial charge in [0.25, 0.3) is 17.7 Å². The molecule has 15 heteroatoms. The summed E-state index contributed by atoms with van der Waals surface area (Å²) in [6, 6.07) is -2.15. The first-order valence-electron chi connectivity index (χ1n) is 10.8. The lowest BCUT2D eigenvalue weighted by Crippen LogP contribution is -2.64. The molecule has 2 aromatic rings. The summed E-state index contributed by atoms with van der Waals surface area (Å²) in [5, 5.41) is 8.52. The first kappa shape index (κ1) is 25.8. The zero-order valence-electron chi connectivity index (χ0n) is 18.9. The third-order valence-corrected chi connectivity index (χ3v) is 6.47. The second-order valence-electron chi connectivity index (χ2n) is 9.19. The number of pyridine rings is 1. The Hall–Kier alpha value is -3.26. The Morgan fingerprint density at radius 3 is 2.56 bits per heavy atom. The molecule has 196 valence electrons. The van der Waals surface area contributed by atoms with E-state index in [1.54, 1.807) is 0 Å². The van der Waals surface area contributed by atoms with Crippen LogP contribution in [0.1, 0.15) is 61.5 Å². The Morgan fingerprint density at radius 2 is 1.94 bits per heavy atom. The molecule has 2 aliphatic rings. The molecular weight excluding hydrogens is 503 g/mol. The minimum Gasteiger partial charge on any atom is -0.415 e. The van der Waals surface area contributed by atoms with Gasteiger partial charge in [0.15, 0.2) is 0 Å². The zero-order valence-corrected chi connectivity index (χ0v) is 18.9. The molecule has 3 heterocycles. The lowest BCUT2D eigenvalue weighted by molar-refractivity contribution is -0.213. The topological polar surface area (TPSA) is 101 Å². The first-order chi connectivity index (χ1) is 16.6. The number of rotatable bonds is 5. The minimum atomic E-state index is -4.99. The molecule has 1 aliphatic carbocycles. The Bertz CT molecular complexity index is 1180. The van der Waals surface area contributed by atoms with Gasteiger partial charge < -0.3 is 14.6 Å². The normalized spacial score (nSPS) is 22.2. The highest BCUT2D eigenvalue weighted by Crippen LogP contribution is 2.42. The standard InChI is InChI=1S/C21H20F7N5O3/c1-19(2,21(26,27)28)18(35)30-13-12(4-3-5-20(13,24)25)33-8-11-10(17(33)34)6-9(7-29-11)15-31-32-16(36-15)14(22)23/h6-7,12-14H,3-5,8H2,1-2H3,(H,30,35)/t12?,13-/m0/s1. The molecule has 0 radical (unpaired) electrons. The smallest absolute Gasteiger partial charge is 0.402 e. The van der Waals surface area contributed by atoms with Gasteiger partial charge in [0.05, 0.1) is 29.4 Å². The van der Waals surface area contributed by atoms with E-state index in [4.69, 9.17) is 4.42 Å².